The number of amides is 1. The van der Waals surface area contributed by atoms with Crippen LogP contribution in [0.3, 0.4) is 0 Å². The lowest BCUT2D eigenvalue weighted by Gasteiger charge is -2.52. The molecule has 1 aliphatic heterocycles. The van der Waals surface area contributed by atoms with E-state index in [-0.39, 0.29) is 23.3 Å². The molecular formula is C18H25N3O. The minimum atomic E-state index is -0.0704. The molecule has 1 amide bonds. The summed E-state index contributed by atoms with van der Waals surface area (Å²) in [6, 6.07) is 0.0372. The van der Waals surface area contributed by atoms with Crippen LogP contribution >= 0.6 is 0 Å². The van der Waals surface area contributed by atoms with Gasteiger partial charge in [-0.05, 0) is 24.7 Å². The first kappa shape index (κ1) is 15.1. The van der Waals surface area contributed by atoms with Crippen molar-refractivity contribution in [2.24, 2.45) is 17.3 Å². The molecule has 1 aromatic heterocycles. The fraction of sp³-hybridized carbons (Fsp3) is 0.667. The van der Waals surface area contributed by atoms with Gasteiger partial charge in [0.05, 0.1) is 6.04 Å². The fourth-order valence-electron chi connectivity index (χ4n) is 3.18. The summed E-state index contributed by atoms with van der Waals surface area (Å²) in [5.74, 6) is 7.72. The molecule has 3 rings (SSSR count). The van der Waals surface area contributed by atoms with Gasteiger partial charge in [-0.15, -0.1) is 0 Å². The summed E-state index contributed by atoms with van der Waals surface area (Å²) in [6.45, 7) is 10.2. The van der Waals surface area contributed by atoms with Crippen LogP contribution in [0.25, 0.3) is 0 Å². The molecule has 1 aromatic rings. The summed E-state index contributed by atoms with van der Waals surface area (Å²) < 4.78 is 2.24. The van der Waals surface area contributed by atoms with Crippen LogP contribution in [0.5, 0.6) is 0 Å². The molecule has 4 heteroatoms. The first-order valence-corrected chi connectivity index (χ1v) is 8.21. The molecule has 1 saturated carbocycles. The van der Waals surface area contributed by atoms with Crippen LogP contribution in [-0.4, -0.2) is 26.9 Å². The maximum Gasteiger partial charge on any atom is 0.299 e. The number of nitrogens with zero attached hydrogens (tertiary/aromatic N) is 3. The fourth-order valence-corrected chi connectivity index (χ4v) is 3.18. The molecule has 1 unspecified atom stereocenters. The van der Waals surface area contributed by atoms with E-state index < -0.39 is 0 Å². The normalized spacial score (nSPS) is 23.0. The van der Waals surface area contributed by atoms with Crippen molar-refractivity contribution >= 4 is 5.91 Å². The molecule has 0 aromatic carbocycles. The Bertz CT molecular complexity index is 628. The van der Waals surface area contributed by atoms with Gasteiger partial charge in [-0.3, -0.25) is 4.79 Å². The van der Waals surface area contributed by atoms with Gasteiger partial charge in [-0.1, -0.05) is 33.6 Å². The number of carbonyl (C=O) groups is 1. The predicted octanol–water partition coefficient (Wildman–Crippen LogP) is 2.86. The van der Waals surface area contributed by atoms with Crippen molar-refractivity contribution in [1.82, 2.24) is 14.5 Å². The van der Waals surface area contributed by atoms with E-state index in [0.29, 0.717) is 0 Å². The van der Waals surface area contributed by atoms with Gasteiger partial charge in [-0.2, -0.15) is 0 Å². The van der Waals surface area contributed by atoms with Gasteiger partial charge in [-0.25, -0.2) is 4.98 Å². The molecule has 0 N–H and O–H groups in total. The van der Waals surface area contributed by atoms with Gasteiger partial charge < -0.3 is 9.47 Å². The summed E-state index contributed by atoms with van der Waals surface area (Å²) in [5.41, 5.74) is 0.0574. The third-order valence-electron chi connectivity index (χ3n) is 4.50. The molecule has 0 radical (unpaired) electrons. The van der Waals surface area contributed by atoms with Crippen LogP contribution in [0.1, 0.15) is 52.4 Å². The zero-order chi connectivity index (χ0) is 15.9. The molecule has 118 valence electrons. The third-order valence-corrected chi connectivity index (χ3v) is 4.50. The van der Waals surface area contributed by atoms with Crippen molar-refractivity contribution in [2.75, 3.05) is 6.54 Å². The largest absolute Gasteiger partial charge is 0.333 e. The lowest BCUT2D eigenvalue weighted by Crippen LogP contribution is -2.58. The second kappa shape index (κ2) is 5.46. The highest BCUT2D eigenvalue weighted by molar-refractivity contribution is 5.94. The molecule has 1 aliphatic carbocycles. The molecule has 1 saturated heterocycles. The van der Waals surface area contributed by atoms with Crippen LogP contribution in [0.15, 0.2) is 12.4 Å². The number of aromatic nitrogens is 2. The molecule has 1 atom stereocenters. The zero-order valence-corrected chi connectivity index (χ0v) is 14.0. The molecule has 4 nitrogen and oxygen atoms in total. The lowest BCUT2D eigenvalue weighted by atomic mass is 9.74. The van der Waals surface area contributed by atoms with Crippen molar-refractivity contribution in [3.8, 4) is 11.8 Å². The van der Waals surface area contributed by atoms with Crippen LogP contribution in [0.2, 0.25) is 0 Å². The summed E-state index contributed by atoms with van der Waals surface area (Å²) in [6.07, 6.45) is 6.53. The van der Waals surface area contributed by atoms with E-state index in [4.69, 9.17) is 0 Å². The highest BCUT2D eigenvalue weighted by Gasteiger charge is 2.50. The Morgan fingerprint density at radius 1 is 1.45 bits per heavy atom. The lowest BCUT2D eigenvalue weighted by molar-refractivity contribution is -0.146. The van der Waals surface area contributed by atoms with Gasteiger partial charge in [0, 0.05) is 36.8 Å². The maximum atomic E-state index is 12.4. The van der Waals surface area contributed by atoms with E-state index in [2.05, 4.69) is 35.2 Å². The Kier molecular flexibility index (Phi) is 3.76. The molecule has 2 heterocycles. The zero-order valence-electron chi connectivity index (χ0n) is 14.0. The second-order valence-corrected chi connectivity index (χ2v) is 7.63. The van der Waals surface area contributed by atoms with Gasteiger partial charge in [0.25, 0.3) is 5.91 Å². The summed E-state index contributed by atoms with van der Waals surface area (Å²) in [7, 11) is 0. The van der Waals surface area contributed by atoms with E-state index in [1.807, 2.05) is 31.1 Å². The van der Waals surface area contributed by atoms with Crippen LogP contribution < -0.4 is 0 Å². The summed E-state index contributed by atoms with van der Waals surface area (Å²) in [5, 5.41) is 0. The van der Waals surface area contributed by atoms with Gasteiger partial charge in [0.1, 0.15) is 5.82 Å². The Morgan fingerprint density at radius 2 is 2.18 bits per heavy atom. The molecular weight excluding hydrogens is 274 g/mol. The van der Waals surface area contributed by atoms with E-state index in [0.717, 1.165) is 24.8 Å². The Labute approximate surface area is 132 Å². The quantitative estimate of drug-likeness (QED) is 0.805. The Hall–Kier alpha value is -1.76. The van der Waals surface area contributed by atoms with Crippen molar-refractivity contribution in [3.63, 3.8) is 0 Å². The summed E-state index contributed by atoms with van der Waals surface area (Å²) in [4.78, 5) is 18.8. The Morgan fingerprint density at radius 3 is 2.77 bits per heavy atom. The van der Waals surface area contributed by atoms with E-state index >= 15 is 0 Å². The minimum absolute atomic E-state index is 0.0372. The molecule has 22 heavy (non-hydrogen) atoms. The summed E-state index contributed by atoms with van der Waals surface area (Å²) >= 11 is 0. The van der Waals surface area contributed by atoms with Crippen molar-refractivity contribution in [2.45, 2.75) is 53.1 Å². The first-order valence-electron chi connectivity index (χ1n) is 8.21. The SMILES string of the molecule is CC(C)C#CC(=O)N1CC(C)(C)C1c1nccn1CC1CC1. The van der Waals surface area contributed by atoms with E-state index in [1.165, 1.54) is 12.8 Å². The van der Waals surface area contributed by atoms with E-state index in [9.17, 15) is 4.79 Å². The highest BCUT2D eigenvalue weighted by atomic mass is 16.2. The Balaban J connectivity index is 1.81. The number of hydrogen-bond donors (Lipinski definition) is 0. The molecule has 0 spiro atoms. The standard InChI is InChI=1S/C18H25N3O/c1-13(2)5-8-15(22)21-12-18(3,4)16(21)17-19-9-10-20(17)11-14-6-7-14/h9-10,13-14,16H,6-7,11-12H2,1-4H3. The number of rotatable bonds is 3. The van der Waals surface area contributed by atoms with Crippen molar-refractivity contribution < 1.29 is 4.79 Å². The average Bonchev–Trinajstić information content (AvgIpc) is 3.14. The predicted molar refractivity (Wildman–Crippen MR) is 85.8 cm³/mol. The van der Waals surface area contributed by atoms with Crippen LogP contribution in [-0.2, 0) is 11.3 Å². The molecule has 2 fully saturated rings. The number of hydrogen-bond acceptors (Lipinski definition) is 2. The van der Waals surface area contributed by atoms with Crippen molar-refractivity contribution in [3.05, 3.63) is 18.2 Å². The topological polar surface area (TPSA) is 38.1 Å². The third kappa shape index (κ3) is 2.90. The molecule has 0 bridgehead atoms. The number of imidazole rings is 1. The first-order chi connectivity index (χ1) is 10.4. The monoisotopic (exact) mass is 299 g/mol. The number of carbonyl (C=O) groups excluding carboxylic acids is 1. The van der Waals surface area contributed by atoms with Gasteiger partial charge in [0.2, 0.25) is 0 Å². The van der Waals surface area contributed by atoms with Crippen molar-refractivity contribution in [1.29, 1.82) is 0 Å². The van der Waals surface area contributed by atoms with Gasteiger partial charge >= 0.3 is 0 Å². The minimum Gasteiger partial charge on any atom is -0.333 e. The number of likely N-dealkylation sites (tertiary alicyclic amines) is 1. The van der Waals surface area contributed by atoms with Crippen LogP contribution in [0, 0.1) is 29.1 Å². The van der Waals surface area contributed by atoms with E-state index in [1.54, 1.807) is 0 Å². The highest BCUT2D eigenvalue weighted by Crippen LogP contribution is 2.48. The second-order valence-electron chi connectivity index (χ2n) is 7.63. The maximum absolute atomic E-state index is 12.4. The smallest absolute Gasteiger partial charge is 0.299 e. The van der Waals surface area contributed by atoms with Crippen LogP contribution in [0.4, 0.5) is 0 Å². The average molecular weight is 299 g/mol. The molecule has 2 aliphatic rings. The van der Waals surface area contributed by atoms with Gasteiger partial charge in [0.15, 0.2) is 0 Å².